The third-order valence-corrected chi connectivity index (χ3v) is 4.86. The van der Waals surface area contributed by atoms with E-state index in [1.807, 2.05) is 0 Å². The van der Waals surface area contributed by atoms with Gasteiger partial charge in [0.05, 0.1) is 0 Å². The highest BCUT2D eigenvalue weighted by molar-refractivity contribution is 4.68. The van der Waals surface area contributed by atoms with Crippen LogP contribution < -0.4 is 5.73 Å². The zero-order valence-corrected chi connectivity index (χ0v) is 15.3. The van der Waals surface area contributed by atoms with Crippen LogP contribution in [-0.2, 0) is 0 Å². The highest BCUT2D eigenvalue weighted by Crippen LogP contribution is 2.20. The van der Waals surface area contributed by atoms with Gasteiger partial charge in [-0.1, -0.05) is 104 Å². The maximum absolute atomic E-state index is 6.32. The monoisotopic (exact) mass is 297 g/mol. The third kappa shape index (κ3) is 14.7. The molecule has 0 aromatic heterocycles. The first-order valence-corrected chi connectivity index (χ1v) is 10.00. The standard InChI is InChI=1S/C20H43N/c1-4-7-9-10-11-12-13-14-15-17-20(21)18-19(6-3)16-8-5-2/h19-20H,4-18,21H2,1-3H3. The Morgan fingerprint density at radius 1 is 0.619 bits per heavy atom. The second kappa shape index (κ2) is 16.3. The number of hydrogen-bond donors (Lipinski definition) is 1. The molecule has 0 aromatic rings. The van der Waals surface area contributed by atoms with Gasteiger partial charge in [-0.15, -0.1) is 0 Å². The zero-order valence-electron chi connectivity index (χ0n) is 15.3. The Bertz CT molecular complexity index is 190. The van der Waals surface area contributed by atoms with Crippen molar-refractivity contribution in [2.24, 2.45) is 11.7 Å². The molecule has 1 heteroatoms. The van der Waals surface area contributed by atoms with Crippen LogP contribution in [0.15, 0.2) is 0 Å². The van der Waals surface area contributed by atoms with Gasteiger partial charge in [0.25, 0.3) is 0 Å². The molecule has 0 aliphatic heterocycles. The Kier molecular flexibility index (Phi) is 16.3. The quantitative estimate of drug-likeness (QED) is 0.310. The van der Waals surface area contributed by atoms with Crippen molar-refractivity contribution < 1.29 is 0 Å². The van der Waals surface area contributed by atoms with Gasteiger partial charge < -0.3 is 5.73 Å². The van der Waals surface area contributed by atoms with E-state index in [2.05, 4.69) is 20.8 Å². The lowest BCUT2D eigenvalue weighted by Crippen LogP contribution is -2.23. The van der Waals surface area contributed by atoms with E-state index in [0.29, 0.717) is 6.04 Å². The minimum Gasteiger partial charge on any atom is -0.328 e. The van der Waals surface area contributed by atoms with E-state index in [1.54, 1.807) is 0 Å². The molecule has 0 aromatic carbocycles. The van der Waals surface area contributed by atoms with Crippen molar-refractivity contribution in [2.75, 3.05) is 0 Å². The fraction of sp³-hybridized carbons (Fsp3) is 1.00. The van der Waals surface area contributed by atoms with Gasteiger partial charge in [0.1, 0.15) is 0 Å². The predicted octanol–water partition coefficient (Wildman–Crippen LogP) is 6.84. The molecule has 0 saturated carbocycles. The van der Waals surface area contributed by atoms with Crippen molar-refractivity contribution in [3.63, 3.8) is 0 Å². The van der Waals surface area contributed by atoms with E-state index in [1.165, 1.54) is 96.3 Å². The zero-order chi connectivity index (χ0) is 15.8. The molecule has 2 N–H and O–H groups in total. The highest BCUT2D eigenvalue weighted by Gasteiger charge is 2.11. The molecule has 0 fully saturated rings. The summed E-state index contributed by atoms with van der Waals surface area (Å²) < 4.78 is 0. The van der Waals surface area contributed by atoms with Gasteiger partial charge in [0.15, 0.2) is 0 Å². The molecule has 0 radical (unpaired) electrons. The van der Waals surface area contributed by atoms with Crippen LogP contribution in [0.5, 0.6) is 0 Å². The van der Waals surface area contributed by atoms with Gasteiger partial charge in [0.2, 0.25) is 0 Å². The molecule has 0 aliphatic rings. The van der Waals surface area contributed by atoms with E-state index in [4.69, 9.17) is 5.73 Å². The lowest BCUT2D eigenvalue weighted by molar-refractivity contribution is 0.368. The maximum Gasteiger partial charge on any atom is 0.00414 e. The van der Waals surface area contributed by atoms with Crippen LogP contribution in [0.4, 0.5) is 0 Å². The van der Waals surface area contributed by atoms with E-state index < -0.39 is 0 Å². The Labute approximate surface area is 135 Å². The van der Waals surface area contributed by atoms with Crippen LogP contribution in [0, 0.1) is 5.92 Å². The molecular formula is C20H43N. The number of hydrogen-bond acceptors (Lipinski definition) is 1. The number of nitrogens with two attached hydrogens (primary N) is 1. The van der Waals surface area contributed by atoms with Crippen molar-refractivity contribution in [1.82, 2.24) is 0 Å². The van der Waals surface area contributed by atoms with Crippen LogP contribution in [0.2, 0.25) is 0 Å². The van der Waals surface area contributed by atoms with Gasteiger partial charge in [-0.3, -0.25) is 0 Å². The Morgan fingerprint density at radius 2 is 1.14 bits per heavy atom. The molecule has 0 heterocycles. The van der Waals surface area contributed by atoms with Crippen molar-refractivity contribution in [1.29, 1.82) is 0 Å². The summed E-state index contributed by atoms with van der Waals surface area (Å²) in [4.78, 5) is 0. The first kappa shape index (κ1) is 21.0. The molecule has 0 spiro atoms. The first-order chi connectivity index (χ1) is 10.2. The minimum absolute atomic E-state index is 0.455. The van der Waals surface area contributed by atoms with Gasteiger partial charge in [-0.05, 0) is 18.8 Å². The summed E-state index contributed by atoms with van der Waals surface area (Å²) >= 11 is 0. The summed E-state index contributed by atoms with van der Waals surface area (Å²) in [6, 6.07) is 0.455. The maximum atomic E-state index is 6.32. The highest BCUT2D eigenvalue weighted by atomic mass is 14.6. The summed E-state index contributed by atoms with van der Waals surface area (Å²) in [7, 11) is 0. The molecule has 21 heavy (non-hydrogen) atoms. The smallest absolute Gasteiger partial charge is 0.00414 e. The molecule has 0 amide bonds. The molecule has 0 rings (SSSR count). The fourth-order valence-electron chi connectivity index (χ4n) is 3.24. The molecule has 0 aliphatic carbocycles. The first-order valence-electron chi connectivity index (χ1n) is 10.00. The summed E-state index contributed by atoms with van der Waals surface area (Å²) in [5, 5.41) is 0. The SMILES string of the molecule is CCCCCCCCCCCC(N)CC(CC)CCCC. The number of unbranched alkanes of at least 4 members (excludes halogenated alkanes) is 9. The van der Waals surface area contributed by atoms with Crippen LogP contribution in [-0.4, -0.2) is 6.04 Å². The molecule has 0 bridgehead atoms. The van der Waals surface area contributed by atoms with Crippen molar-refractivity contribution in [3.8, 4) is 0 Å². The van der Waals surface area contributed by atoms with E-state index in [0.717, 1.165) is 5.92 Å². The van der Waals surface area contributed by atoms with Crippen LogP contribution in [0.1, 0.15) is 117 Å². The lowest BCUT2D eigenvalue weighted by Gasteiger charge is -2.19. The molecule has 2 unspecified atom stereocenters. The van der Waals surface area contributed by atoms with Gasteiger partial charge >= 0.3 is 0 Å². The lowest BCUT2D eigenvalue weighted by atomic mass is 9.90. The Balaban J connectivity index is 3.37. The fourth-order valence-corrected chi connectivity index (χ4v) is 3.24. The van der Waals surface area contributed by atoms with Crippen molar-refractivity contribution in [2.45, 2.75) is 123 Å². The molecule has 0 saturated heterocycles. The average Bonchev–Trinajstić information content (AvgIpc) is 2.49. The van der Waals surface area contributed by atoms with Crippen LogP contribution in [0.3, 0.4) is 0 Å². The van der Waals surface area contributed by atoms with Gasteiger partial charge in [-0.2, -0.15) is 0 Å². The topological polar surface area (TPSA) is 26.0 Å². The van der Waals surface area contributed by atoms with Crippen molar-refractivity contribution >= 4 is 0 Å². The Hall–Kier alpha value is -0.0400. The van der Waals surface area contributed by atoms with E-state index in [9.17, 15) is 0 Å². The summed E-state index contributed by atoms with van der Waals surface area (Å²) in [5.41, 5.74) is 6.32. The van der Waals surface area contributed by atoms with E-state index >= 15 is 0 Å². The minimum atomic E-state index is 0.455. The summed E-state index contributed by atoms with van der Waals surface area (Å²) in [5.74, 6) is 0.874. The predicted molar refractivity (Wildman–Crippen MR) is 97.7 cm³/mol. The second-order valence-electron chi connectivity index (χ2n) is 7.03. The normalized spacial score (nSPS) is 14.3. The molecule has 2 atom stereocenters. The second-order valence-corrected chi connectivity index (χ2v) is 7.03. The third-order valence-electron chi connectivity index (χ3n) is 4.86. The average molecular weight is 298 g/mol. The van der Waals surface area contributed by atoms with Crippen molar-refractivity contribution in [3.05, 3.63) is 0 Å². The molecule has 128 valence electrons. The largest absolute Gasteiger partial charge is 0.328 e. The van der Waals surface area contributed by atoms with Crippen LogP contribution in [0.25, 0.3) is 0 Å². The van der Waals surface area contributed by atoms with Gasteiger partial charge in [0, 0.05) is 6.04 Å². The number of rotatable bonds is 16. The van der Waals surface area contributed by atoms with E-state index in [-0.39, 0.29) is 0 Å². The summed E-state index contributed by atoms with van der Waals surface area (Å²) in [6.45, 7) is 6.90. The molecular weight excluding hydrogens is 254 g/mol. The molecule has 1 nitrogen and oxygen atoms in total. The van der Waals surface area contributed by atoms with Crippen LogP contribution >= 0.6 is 0 Å². The van der Waals surface area contributed by atoms with Gasteiger partial charge in [-0.25, -0.2) is 0 Å². The Morgan fingerprint density at radius 3 is 1.67 bits per heavy atom. The summed E-state index contributed by atoms with van der Waals surface area (Å²) in [6.07, 6.45) is 20.6.